The molecule has 0 spiro atoms. The second kappa shape index (κ2) is 14.9. The van der Waals surface area contributed by atoms with Gasteiger partial charge in [-0.15, -0.1) is 0 Å². The molecule has 11 heteroatoms. The molecule has 2 heterocycles. The minimum atomic E-state index is -0.995. The fraction of sp³-hybridized carbons (Fsp3) is 0.333. The molecular weight excluding hydrogens is 614 g/mol. The Hall–Kier alpha value is -4.61. The predicted molar refractivity (Wildman–Crippen MR) is 184 cm³/mol. The van der Waals surface area contributed by atoms with Crippen LogP contribution in [-0.2, 0) is 11.3 Å². The lowest BCUT2D eigenvalue weighted by Gasteiger charge is -2.41. The molecule has 3 aromatic carbocycles. The van der Waals surface area contributed by atoms with E-state index < -0.39 is 11.6 Å². The lowest BCUT2D eigenvalue weighted by atomic mass is 10.00. The number of carboxylic acids is 1. The molecule has 1 aliphatic heterocycles. The maximum atomic E-state index is 13.0. The van der Waals surface area contributed by atoms with Gasteiger partial charge in [-0.25, -0.2) is 14.6 Å². The normalized spacial score (nSPS) is 15.3. The summed E-state index contributed by atoms with van der Waals surface area (Å²) in [6, 6.07) is 24.7. The van der Waals surface area contributed by atoms with Crippen LogP contribution in [0.15, 0.2) is 83.8 Å². The molecule has 1 aliphatic rings. The molecule has 4 aromatic rings. The molecule has 10 nitrogen and oxygen atoms in total. The van der Waals surface area contributed by atoms with Crippen molar-refractivity contribution in [1.82, 2.24) is 19.8 Å². The first-order chi connectivity index (χ1) is 22.4. The van der Waals surface area contributed by atoms with Crippen molar-refractivity contribution in [3.05, 3.63) is 101 Å². The van der Waals surface area contributed by atoms with Gasteiger partial charge in [0.25, 0.3) is 0 Å². The number of carbonyl (C=O) groups excluding carboxylic acids is 1. The highest BCUT2D eigenvalue weighted by molar-refractivity contribution is 8.00. The van der Waals surface area contributed by atoms with Crippen LogP contribution < -0.4 is 9.46 Å². The van der Waals surface area contributed by atoms with Crippen LogP contribution in [0.4, 0.5) is 10.7 Å². The Balaban J connectivity index is 1.41. The molecule has 5 rings (SSSR count). The Bertz CT molecular complexity index is 1690. The Morgan fingerprint density at radius 2 is 1.68 bits per heavy atom. The molecule has 0 radical (unpaired) electrons. The highest BCUT2D eigenvalue weighted by atomic mass is 32.2. The average molecular weight is 656 g/mol. The number of carboxylic acid groups (broad SMARTS) is 1. The van der Waals surface area contributed by atoms with Crippen LogP contribution in [0.3, 0.4) is 0 Å². The standard InChI is InChI=1S/C36H41N5O5S/c1-24-11-9-12-25(2)32(24)30-20-31(38-34(37-30)39-47-29-16-10-15-27(19-29)33(42)43)45-23-28-22-41(35(44)46-36(3,4)5)18-17-40(28)21-26-13-7-6-8-14-26/h6-16,19-20,28H,17-18,21-23H2,1-5H3,(H,42,43)(H,37,38,39). The third-order valence-electron chi connectivity index (χ3n) is 7.69. The zero-order chi connectivity index (χ0) is 33.6. The van der Waals surface area contributed by atoms with Crippen molar-refractivity contribution in [3.8, 4) is 17.1 Å². The van der Waals surface area contributed by atoms with Gasteiger partial charge >= 0.3 is 12.1 Å². The van der Waals surface area contributed by atoms with Crippen molar-refractivity contribution in [2.75, 3.05) is 31.0 Å². The number of carbonyl (C=O) groups is 2. The number of benzene rings is 3. The molecule has 2 N–H and O–H groups in total. The number of nitrogens with zero attached hydrogens (tertiary/aromatic N) is 4. The van der Waals surface area contributed by atoms with E-state index in [-0.39, 0.29) is 24.3 Å². The number of amides is 1. The van der Waals surface area contributed by atoms with Crippen LogP contribution in [0.2, 0.25) is 0 Å². The summed E-state index contributed by atoms with van der Waals surface area (Å²) in [6.45, 7) is 12.3. The van der Waals surface area contributed by atoms with Crippen LogP contribution in [-0.4, -0.2) is 74.8 Å². The van der Waals surface area contributed by atoms with Gasteiger partial charge in [-0.05, 0) is 81.5 Å². The summed E-state index contributed by atoms with van der Waals surface area (Å²) in [5.74, 6) is -0.286. The van der Waals surface area contributed by atoms with Gasteiger partial charge in [0.2, 0.25) is 11.8 Å². The maximum Gasteiger partial charge on any atom is 0.410 e. The quantitative estimate of drug-likeness (QED) is 0.172. The van der Waals surface area contributed by atoms with Crippen molar-refractivity contribution < 1.29 is 24.2 Å². The molecule has 1 amide bonds. The molecule has 0 saturated carbocycles. The molecule has 246 valence electrons. The van der Waals surface area contributed by atoms with E-state index in [1.165, 1.54) is 17.5 Å². The SMILES string of the molecule is Cc1cccc(C)c1-c1cc(OCC2CN(C(=O)OC(C)(C)C)CCN2Cc2ccccc2)nc(NSc2cccc(C(=O)O)c2)n1. The van der Waals surface area contributed by atoms with E-state index in [9.17, 15) is 14.7 Å². The Labute approximate surface area is 280 Å². The second-order valence-electron chi connectivity index (χ2n) is 12.6. The van der Waals surface area contributed by atoms with E-state index in [2.05, 4.69) is 26.7 Å². The van der Waals surface area contributed by atoms with Crippen LogP contribution in [0, 0.1) is 13.8 Å². The van der Waals surface area contributed by atoms with Crippen molar-refractivity contribution in [1.29, 1.82) is 0 Å². The van der Waals surface area contributed by atoms with Crippen LogP contribution in [0.5, 0.6) is 5.88 Å². The lowest BCUT2D eigenvalue weighted by Crippen LogP contribution is -2.57. The molecule has 1 atom stereocenters. The van der Waals surface area contributed by atoms with E-state index in [0.717, 1.165) is 16.7 Å². The summed E-state index contributed by atoms with van der Waals surface area (Å²) in [7, 11) is 0. The molecule has 1 unspecified atom stereocenters. The number of rotatable bonds is 10. The molecular formula is C36H41N5O5S. The first-order valence-corrected chi connectivity index (χ1v) is 16.4. The van der Waals surface area contributed by atoms with Crippen LogP contribution in [0.25, 0.3) is 11.3 Å². The van der Waals surface area contributed by atoms with Crippen LogP contribution >= 0.6 is 11.9 Å². The third-order valence-corrected chi connectivity index (χ3v) is 8.46. The number of aromatic nitrogens is 2. The van der Waals surface area contributed by atoms with Crippen molar-refractivity contribution >= 4 is 30.0 Å². The first-order valence-electron chi connectivity index (χ1n) is 15.6. The number of nitrogens with one attached hydrogen (secondary N) is 1. The molecule has 0 aliphatic carbocycles. The fourth-order valence-electron chi connectivity index (χ4n) is 5.44. The molecule has 1 aromatic heterocycles. The Kier molecular flexibility index (Phi) is 10.7. The number of anilines is 1. The summed E-state index contributed by atoms with van der Waals surface area (Å²) >= 11 is 1.22. The topological polar surface area (TPSA) is 117 Å². The molecule has 1 saturated heterocycles. The third kappa shape index (κ3) is 9.24. The first kappa shape index (κ1) is 33.7. The maximum absolute atomic E-state index is 13.0. The van der Waals surface area contributed by atoms with Gasteiger partial charge in [0, 0.05) is 42.7 Å². The molecule has 1 fully saturated rings. The Morgan fingerprint density at radius 3 is 2.38 bits per heavy atom. The highest BCUT2D eigenvalue weighted by Crippen LogP contribution is 2.30. The zero-order valence-corrected chi connectivity index (χ0v) is 28.2. The van der Waals surface area contributed by atoms with E-state index >= 15 is 0 Å². The van der Waals surface area contributed by atoms with Crippen LogP contribution in [0.1, 0.15) is 47.8 Å². The van der Waals surface area contributed by atoms with Gasteiger partial charge in [-0.3, -0.25) is 9.62 Å². The minimum absolute atomic E-state index is 0.125. The number of aromatic carboxylic acids is 1. The number of hydrogen-bond acceptors (Lipinski definition) is 9. The monoisotopic (exact) mass is 655 g/mol. The van der Waals surface area contributed by atoms with E-state index in [1.54, 1.807) is 23.1 Å². The summed E-state index contributed by atoms with van der Waals surface area (Å²) < 4.78 is 15.3. The number of aryl methyl sites for hydroxylation is 2. The minimum Gasteiger partial charge on any atom is -0.478 e. The van der Waals surface area contributed by atoms with E-state index in [4.69, 9.17) is 14.5 Å². The number of hydrogen-bond donors (Lipinski definition) is 2. The van der Waals surface area contributed by atoms with E-state index in [1.807, 2.05) is 83.1 Å². The largest absolute Gasteiger partial charge is 0.478 e. The molecule has 0 bridgehead atoms. The van der Waals surface area contributed by atoms with Crippen molar-refractivity contribution in [2.45, 2.75) is 57.7 Å². The zero-order valence-electron chi connectivity index (χ0n) is 27.4. The number of piperazine rings is 1. The van der Waals surface area contributed by atoms with Gasteiger partial charge < -0.3 is 19.5 Å². The Morgan fingerprint density at radius 1 is 0.957 bits per heavy atom. The molecule has 47 heavy (non-hydrogen) atoms. The highest BCUT2D eigenvalue weighted by Gasteiger charge is 2.32. The van der Waals surface area contributed by atoms with Crippen molar-refractivity contribution in [3.63, 3.8) is 0 Å². The summed E-state index contributed by atoms with van der Waals surface area (Å²) in [4.78, 5) is 38.8. The summed E-state index contributed by atoms with van der Waals surface area (Å²) in [5, 5.41) is 9.41. The lowest BCUT2D eigenvalue weighted by molar-refractivity contribution is -0.00448. The van der Waals surface area contributed by atoms with Crippen molar-refractivity contribution in [2.24, 2.45) is 0 Å². The average Bonchev–Trinajstić information content (AvgIpc) is 3.03. The fourth-order valence-corrected chi connectivity index (χ4v) is 6.07. The van der Waals surface area contributed by atoms with Gasteiger partial charge in [0.05, 0.1) is 17.3 Å². The van der Waals surface area contributed by atoms with Gasteiger partial charge in [0.15, 0.2) is 0 Å². The van der Waals surface area contributed by atoms with Gasteiger partial charge in [-0.1, -0.05) is 54.6 Å². The predicted octanol–water partition coefficient (Wildman–Crippen LogP) is 7.08. The smallest absolute Gasteiger partial charge is 0.410 e. The van der Waals surface area contributed by atoms with Gasteiger partial charge in [-0.2, -0.15) is 4.98 Å². The summed E-state index contributed by atoms with van der Waals surface area (Å²) in [6.07, 6.45) is -0.336. The van der Waals surface area contributed by atoms with Gasteiger partial charge in [0.1, 0.15) is 12.2 Å². The van der Waals surface area contributed by atoms with E-state index in [0.29, 0.717) is 48.6 Å². The number of ether oxygens (including phenoxy) is 2. The second-order valence-corrected chi connectivity index (χ2v) is 13.4. The summed E-state index contributed by atoms with van der Waals surface area (Å²) in [5.41, 5.74) is 4.60.